The number of hydrogen-bond donors (Lipinski definition) is 0. The number of benzene rings is 2. The van der Waals surface area contributed by atoms with Crippen molar-refractivity contribution in [3.63, 3.8) is 0 Å². The quantitative estimate of drug-likeness (QED) is 0.474. The van der Waals surface area contributed by atoms with E-state index < -0.39 is 0 Å². The minimum Gasteiger partial charge on any atom is -0.0958 e. The van der Waals surface area contributed by atoms with Gasteiger partial charge in [0.05, 0.1) is 0 Å². The summed E-state index contributed by atoms with van der Waals surface area (Å²) in [6, 6.07) is 14.5. The van der Waals surface area contributed by atoms with Gasteiger partial charge in [-0.3, -0.25) is 0 Å². The van der Waals surface area contributed by atoms with Crippen molar-refractivity contribution in [3.05, 3.63) is 88.0 Å². The number of fused-ring (bicyclic) bond motifs is 1. The summed E-state index contributed by atoms with van der Waals surface area (Å²) in [5.74, 6) is 0.604. The first-order valence-electron chi connectivity index (χ1n) is 12.1. The summed E-state index contributed by atoms with van der Waals surface area (Å²) in [6.45, 7) is 11.3. The fourth-order valence-electron chi connectivity index (χ4n) is 5.63. The van der Waals surface area contributed by atoms with Crippen LogP contribution < -0.4 is 0 Å². The van der Waals surface area contributed by atoms with E-state index in [0.717, 1.165) is 19.3 Å². The fourth-order valence-corrected chi connectivity index (χ4v) is 5.63. The highest BCUT2D eigenvalue weighted by Gasteiger charge is 2.29. The maximum Gasteiger partial charge on any atom is -0.00751 e. The SMILES string of the molecule is C=C1C=Cc2cc(CCc3cc(C)cc(C4(C)CCCCC4)c3)ccc2C(CC)C1. The van der Waals surface area contributed by atoms with Crippen LogP contribution in [0.1, 0.15) is 98.1 Å². The fraction of sp³-hybridized carbons (Fsp3) is 0.467. The van der Waals surface area contributed by atoms with Crippen LogP contribution in [-0.4, -0.2) is 0 Å². The van der Waals surface area contributed by atoms with Gasteiger partial charge < -0.3 is 0 Å². The van der Waals surface area contributed by atoms with E-state index in [1.807, 2.05) is 0 Å². The van der Waals surface area contributed by atoms with Crippen LogP contribution in [0, 0.1) is 6.92 Å². The molecule has 0 radical (unpaired) electrons. The van der Waals surface area contributed by atoms with Crippen molar-refractivity contribution >= 4 is 6.08 Å². The molecule has 0 heterocycles. The topological polar surface area (TPSA) is 0 Å². The van der Waals surface area contributed by atoms with E-state index in [-0.39, 0.29) is 0 Å². The molecule has 0 N–H and O–H groups in total. The van der Waals surface area contributed by atoms with Crippen molar-refractivity contribution in [1.82, 2.24) is 0 Å². The molecule has 1 unspecified atom stereocenters. The molecule has 1 atom stereocenters. The van der Waals surface area contributed by atoms with Gasteiger partial charge in [-0.05, 0) is 84.6 Å². The standard InChI is InChI=1S/C30H38/c1-5-26-18-22(2)9-13-27-20-24(12-14-29(26)27)10-11-25-17-23(3)19-28(21-25)30(4)15-7-6-8-16-30/h9,12-14,17,19-21,26H,2,5-8,10-11,15-16,18H2,1,3-4H3. The van der Waals surface area contributed by atoms with Crippen molar-refractivity contribution in [3.8, 4) is 0 Å². The highest BCUT2D eigenvalue weighted by atomic mass is 14.3. The lowest BCUT2D eigenvalue weighted by Gasteiger charge is -2.34. The monoisotopic (exact) mass is 398 g/mol. The third-order valence-electron chi connectivity index (χ3n) is 7.58. The van der Waals surface area contributed by atoms with E-state index in [1.54, 1.807) is 5.56 Å². The van der Waals surface area contributed by atoms with Gasteiger partial charge in [-0.25, -0.2) is 0 Å². The van der Waals surface area contributed by atoms with Crippen LogP contribution in [0.3, 0.4) is 0 Å². The van der Waals surface area contributed by atoms with Crippen LogP contribution in [-0.2, 0) is 18.3 Å². The molecule has 0 nitrogen and oxygen atoms in total. The van der Waals surface area contributed by atoms with Gasteiger partial charge in [0, 0.05) is 0 Å². The van der Waals surface area contributed by atoms with Crippen LogP contribution in [0.5, 0.6) is 0 Å². The average Bonchev–Trinajstić information content (AvgIpc) is 2.90. The third kappa shape index (κ3) is 4.64. The van der Waals surface area contributed by atoms with Crippen molar-refractivity contribution in [1.29, 1.82) is 0 Å². The molecule has 0 spiro atoms. The first-order chi connectivity index (χ1) is 14.5. The molecule has 158 valence electrons. The molecule has 2 aliphatic rings. The molecule has 30 heavy (non-hydrogen) atoms. The molecule has 1 fully saturated rings. The second-order valence-electron chi connectivity index (χ2n) is 10.1. The molecule has 4 rings (SSSR count). The maximum atomic E-state index is 4.23. The first-order valence-corrected chi connectivity index (χ1v) is 12.1. The third-order valence-corrected chi connectivity index (χ3v) is 7.58. The molecule has 2 aliphatic carbocycles. The second kappa shape index (κ2) is 8.96. The lowest BCUT2D eigenvalue weighted by atomic mass is 9.70. The van der Waals surface area contributed by atoms with Crippen LogP contribution >= 0.6 is 0 Å². The Morgan fingerprint density at radius 1 is 0.933 bits per heavy atom. The molecule has 2 aromatic rings. The largest absolute Gasteiger partial charge is 0.0958 e. The molecule has 0 aliphatic heterocycles. The highest BCUT2D eigenvalue weighted by Crippen LogP contribution is 2.40. The van der Waals surface area contributed by atoms with E-state index in [4.69, 9.17) is 0 Å². The lowest BCUT2D eigenvalue weighted by molar-refractivity contribution is 0.319. The van der Waals surface area contributed by atoms with Gasteiger partial charge in [0.15, 0.2) is 0 Å². The number of hydrogen-bond acceptors (Lipinski definition) is 0. The second-order valence-corrected chi connectivity index (χ2v) is 10.1. The van der Waals surface area contributed by atoms with Crippen LogP contribution in [0.2, 0.25) is 0 Å². The van der Waals surface area contributed by atoms with Gasteiger partial charge in [0.2, 0.25) is 0 Å². The predicted molar refractivity (Wildman–Crippen MR) is 131 cm³/mol. The predicted octanol–water partition coefficient (Wildman–Crippen LogP) is 8.47. The Morgan fingerprint density at radius 3 is 2.47 bits per heavy atom. The summed E-state index contributed by atoms with van der Waals surface area (Å²) >= 11 is 0. The minimum absolute atomic E-state index is 0.380. The van der Waals surface area contributed by atoms with Gasteiger partial charge >= 0.3 is 0 Å². The molecule has 2 aromatic carbocycles. The lowest BCUT2D eigenvalue weighted by Crippen LogP contribution is -2.25. The van der Waals surface area contributed by atoms with E-state index in [1.165, 1.54) is 71.9 Å². The zero-order chi connectivity index (χ0) is 21.1. The van der Waals surface area contributed by atoms with Gasteiger partial charge in [-0.2, -0.15) is 0 Å². The molecular formula is C30H38. The summed E-state index contributed by atoms with van der Waals surface area (Å²) < 4.78 is 0. The van der Waals surface area contributed by atoms with Gasteiger partial charge in [0.1, 0.15) is 0 Å². The highest BCUT2D eigenvalue weighted by molar-refractivity contribution is 5.60. The smallest absolute Gasteiger partial charge is 0.00751 e. The Labute approximate surface area is 184 Å². The molecule has 1 saturated carbocycles. The molecule has 0 bridgehead atoms. The molecule has 0 heteroatoms. The first kappa shape index (κ1) is 21.2. The Hall–Kier alpha value is -2.08. The Morgan fingerprint density at radius 2 is 1.70 bits per heavy atom. The Balaban J connectivity index is 1.53. The van der Waals surface area contributed by atoms with Gasteiger partial charge in [-0.15, -0.1) is 0 Å². The number of aryl methyl sites for hydroxylation is 3. The van der Waals surface area contributed by atoms with Crippen LogP contribution in [0.4, 0.5) is 0 Å². The summed E-state index contributed by atoms with van der Waals surface area (Å²) in [5.41, 5.74) is 10.5. The normalized spacial score (nSPS) is 20.6. The Kier molecular flexibility index (Phi) is 6.32. The van der Waals surface area contributed by atoms with Gasteiger partial charge in [-0.1, -0.05) is 99.4 Å². The van der Waals surface area contributed by atoms with Gasteiger partial charge in [0.25, 0.3) is 0 Å². The van der Waals surface area contributed by atoms with E-state index in [0.29, 0.717) is 11.3 Å². The minimum atomic E-state index is 0.380. The van der Waals surface area contributed by atoms with E-state index in [2.05, 4.69) is 75.9 Å². The van der Waals surface area contributed by atoms with Crippen LogP contribution in [0.15, 0.2) is 54.6 Å². The van der Waals surface area contributed by atoms with Crippen LogP contribution in [0.25, 0.3) is 6.08 Å². The Bertz CT molecular complexity index is 937. The van der Waals surface area contributed by atoms with Crippen molar-refractivity contribution in [2.75, 3.05) is 0 Å². The average molecular weight is 399 g/mol. The van der Waals surface area contributed by atoms with E-state index in [9.17, 15) is 0 Å². The zero-order valence-corrected chi connectivity index (χ0v) is 19.3. The summed E-state index contributed by atoms with van der Waals surface area (Å²) in [6.07, 6.45) is 15.9. The van der Waals surface area contributed by atoms with Crippen molar-refractivity contribution in [2.24, 2.45) is 0 Å². The molecule has 0 saturated heterocycles. The number of rotatable bonds is 5. The zero-order valence-electron chi connectivity index (χ0n) is 19.3. The summed E-state index contributed by atoms with van der Waals surface area (Å²) in [7, 11) is 0. The van der Waals surface area contributed by atoms with Crippen molar-refractivity contribution < 1.29 is 0 Å². The molecular weight excluding hydrogens is 360 g/mol. The summed E-state index contributed by atoms with van der Waals surface area (Å²) in [4.78, 5) is 0. The summed E-state index contributed by atoms with van der Waals surface area (Å²) in [5, 5.41) is 0. The molecule has 0 amide bonds. The maximum absolute atomic E-state index is 4.23. The van der Waals surface area contributed by atoms with Crippen molar-refractivity contribution in [2.45, 2.75) is 89.9 Å². The van der Waals surface area contributed by atoms with E-state index >= 15 is 0 Å². The number of allylic oxidation sites excluding steroid dienone is 2. The molecule has 0 aromatic heterocycles.